The van der Waals surface area contributed by atoms with Crippen LogP contribution in [-0.2, 0) is 10.0 Å². The first kappa shape index (κ1) is 15.2. The van der Waals surface area contributed by atoms with E-state index in [0.717, 1.165) is 25.7 Å². The molecule has 0 aliphatic heterocycles. The Hall–Kier alpha value is -0.880. The summed E-state index contributed by atoms with van der Waals surface area (Å²) in [6.07, 6.45) is 5.15. The van der Waals surface area contributed by atoms with Gasteiger partial charge in [-0.25, -0.2) is 8.42 Å². The molecule has 1 aromatic heterocycles. The summed E-state index contributed by atoms with van der Waals surface area (Å²) in [6, 6.07) is 0. The van der Waals surface area contributed by atoms with Crippen molar-refractivity contribution >= 4 is 10.0 Å². The third-order valence-electron chi connectivity index (χ3n) is 2.92. The van der Waals surface area contributed by atoms with Crippen LogP contribution in [-0.4, -0.2) is 36.0 Å². The lowest BCUT2D eigenvalue weighted by atomic mass is 10.3. The highest BCUT2D eigenvalue weighted by Gasteiger charge is 2.26. The van der Waals surface area contributed by atoms with Gasteiger partial charge in [-0.05, 0) is 19.8 Å². The summed E-state index contributed by atoms with van der Waals surface area (Å²) in [5.74, 6) is 0. The van der Waals surface area contributed by atoms with Gasteiger partial charge in [0.25, 0.3) is 0 Å². The Kier molecular flexibility index (Phi) is 5.81. The molecule has 0 saturated heterocycles. The summed E-state index contributed by atoms with van der Waals surface area (Å²) < 4.78 is 26.6. The lowest BCUT2D eigenvalue weighted by molar-refractivity contribution is 0.395. The van der Waals surface area contributed by atoms with Crippen LogP contribution in [0.15, 0.2) is 11.1 Å². The first-order valence-electron chi connectivity index (χ1n) is 6.54. The normalized spacial score (nSPS) is 12.2. The maximum absolute atomic E-state index is 12.5. The number of hydrogen-bond donors (Lipinski definition) is 1. The summed E-state index contributed by atoms with van der Waals surface area (Å²) in [5, 5.41) is 6.49. The van der Waals surface area contributed by atoms with Gasteiger partial charge in [0.2, 0.25) is 10.0 Å². The molecule has 1 rings (SSSR count). The van der Waals surface area contributed by atoms with E-state index >= 15 is 0 Å². The predicted octanol–water partition coefficient (Wildman–Crippen LogP) is 2.31. The fourth-order valence-corrected chi connectivity index (χ4v) is 3.40. The smallest absolute Gasteiger partial charge is 0.246 e. The van der Waals surface area contributed by atoms with E-state index in [2.05, 4.69) is 24.0 Å². The topological polar surface area (TPSA) is 66.1 Å². The molecule has 0 amide bonds. The zero-order chi connectivity index (χ0) is 13.6. The van der Waals surface area contributed by atoms with E-state index in [0.29, 0.717) is 23.7 Å². The molecule has 5 nitrogen and oxygen atoms in total. The Morgan fingerprint density at radius 1 is 1.22 bits per heavy atom. The second kappa shape index (κ2) is 6.89. The number of sulfonamides is 1. The molecule has 1 heterocycles. The van der Waals surface area contributed by atoms with E-state index in [9.17, 15) is 8.42 Å². The number of aromatic amines is 1. The van der Waals surface area contributed by atoms with Gasteiger partial charge in [0.1, 0.15) is 4.90 Å². The zero-order valence-corrected chi connectivity index (χ0v) is 12.3. The Bertz CT molecular complexity index is 446. The van der Waals surface area contributed by atoms with Crippen molar-refractivity contribution in [3.8, 4) is 0 Å². The molecule has 1 N–H and O–H groups in total. The first-order valence-corrected chi connectivity index (χ1v) is 7.98. The van der Waals surface area contributed by atoms with Crippen molar-refractivity contribution < 1.29 is 8.42 Å². The van der Waals surface area contributed by atoms with E-state index < -0.39 is 10.0 Å². The van der Waals surface area contributed by atoms with Crippen LogP contribution in [0.1, 0.15) is 45.2 Å². The average Bonchev–Trinajstić information content (AvgIpc) is 2.76. The summed E-state index contributed by atoms with van der Waals surface area (Å²) in [7, 11) is -3.39. The number of hydrogen-bond acceptors (Lipinski definition) is 3. The molecule has 0 aliphatic rings. The minimum absolute atomic E-state index is 0.301. The fraction of sp³-hybridized carbons (Fsp3) is 0.750. The average molecular weight is 273 g/mol. The van der Waals surface area contributed by atoms with Crippen LogP contribution >= 0.6 is 0 Å². The van der Waals surface area contributed by atoms with E-state index in [1.165, 1.54) is 6.20 Å². The zero-order valence-electron chi connectivity index (χ0n) is 11.4. The molecular formula is C12H23N3O2S. The van der Waals surface area contributed by atoms with Gasteiger partial charge in [0, 0.05) is 13.1 Å². The van der Waals surface area contributed by atoms with Crippen molar-refractivity contribution in [1.29, 1.82) is 0 Å². The number of H-pyrrole nitrogens is 1. The molecule has 0 fully saturated rings. The number of nitrogens with one attached hydrogen (secondary N) is 1. The van der Waals surface area contributed by atoms with Crippen molar-refractivity contribution in [3.05, 3.63) is 11.9 Å². The minimum Gasteiger partial charge on any atom is -0.281 e. The first-order chi connectivity index (χ1) is 8.54. The molecule has 0 radical (unpaired) electrons. The summed E-state index contributed by atoms with van der Waals surface area (Å²) in [4.78, 5) is 0.301. The van der Waals surface area contributed by atoms with Gasteiger partial charge in [-0.1, -0.05) is 26.7 Å². The summed E-state index contributed by atoms with van der Waals surface area (Å²) in [6.45, 7) is 7.03. The number of aromatic nitrogens is 2. The predicted molar refractivity (Wildman–Crippen MR) is 71.9 cm³/mol. The van der Waals surface area contributed by atoms with Gasteiger partial charge >= 0.3 is 0 Å². The van der Waals surface area contributed by atoms with E-state index in [-0.39, 0.29) is 0 Å². The largest absolute Gasteiger partial charge is 0.281 e. The SMILES string of the molecule is CCCCN(CCCC)S(=O)(=O)c1cn[nH]c1C. The Balaban J connectivity index is 2.92. The van der Waals surface area contributed by atoms with Crippen molar-refractivity contribution in [2.24, 2.45) is 0 Å². The van der Waals surface area contributed by atoms with Crippen LogP contribution < -0.4 is 0 Å². The van der Waals surface area contributed by atoms with Gasteiger partial charge in [-0.2, -0.15) is 9.40 Å². The Morgan fingerprint density at radius 3 is 2.17 bits per heavy atom. The molecule has 6 heteroatoms. The van der Waals surface area contributed by atoms with Crippen LogP contribution in [0.5, 0.6) is 0 Å². The standard InChI is InChI=1S/C12H23N3O2S/c1-4-6-8-15(9-7-5-2)18(16,17)12-10-13-14-11(12)3/h10H,4-9H2,1-3H3,(H,13,14). The fourth-order valence-electron chi connectivity index (χ4n) is 1.76. The summed E-state index contributed by atoms with van der Waals surface area (Å²) >= 11 is 0. The van der Waals surface area contributed by atoms with Gasteiger partial charge in [-0.15, -0.1) is 0 Å². The van der Waals surface area contributed by atoms with Crippen LogP contribution in [0.3, 0.4) is 0 Å². The maximum Gasteiger partial charge on any atom is 0.246 e. The highest BCUT2D eigenvalue weighted by atomic mass is 32.2. The quantitative estimate of drug-likeness (QED) is 0.790. The molecule has 0 aliphatic carbocycles. The minimum atomic E-state index is -3.39. The molecular weight excluding hydrogens is 250 g/mol. The van der Waals surface area contributed by atoms with Crippen molar-refractivity contribution in [1.82, 2.24) is 14.5 Å². The molecule has 104 valence electrons. The van der Waals surface area contributed by atoms with Crippen molar-refractivity contribution in [2.75, 3.05) is 13.1 Å². The van der Waals surface area contributed by atoms with Gasteiger partial charge < -0.3 is 0 Å². The molecule has 18 heavy (non-hydrogen) atoms. The molecule has 0 saturated carbocycles. The monoisotopic (exact) mass is 273 g/mol. The van der Waals surface area contributed by atoms with Crippen molar-refractivity contribution in [2.45, 2.75) is 51.3 Å². The third kappa shape index (κ3) is 3.55. The highest BCUT2D eigenvalue weighted by Crippen LogP contribution is 2.18. The van der Waals surface area contributed by atoms with Crippen LogP contribution in [0.4, 0.5) is 0 Å². The number of aryl methyl sites for hydroxylation is 1. The highest BCUT2D eigenvalue weighted by molar-refractivity contribution is 7.89. The molecule has 0 aromatic carbocycles. The molecule has 0 spiro atoms. The molecule has 0 bridgehead atoms. The van der Waals surface area contributed by atoms with Gasteiger partial charge in [0.05, 0.1) is 11.9 Å². The molecule has 0 unspecified atom stereocenters. The second-order valence-electron chi connectivity index (χ2n) is 4.47. The number of nitrogens with zero attached hydrogens (tertiary/aromatic N) is 2. The van der Waals surface area contributed by atoms with E-state index in [4.69, 9.17) is 0 Å². The summed E-state index contributed by atoms with van der Waals surface area (Å²) in [5.41, 5.74) is 0.605. The van der Waals surface area contributed by atoms with E-state index in [1.807, 2.05) is 0 Å². The number of unbranched alkanes of at least 4 members (excludes halogenated alkanes) is 2. The van der Waals surface area contributed by atoms with Crippen LogP contribution in [0.25, 0.3) is 0 Å². The van der Waals surface area contributed by atoms with E-state index in [1.54, 1.807) is 11.2 Å². The Morgan fingerprint density at radius 2 is 1.78 bits per heavy atom. The molecule has 1 aromatic rings. The van der Waals surface area contributed by atoms with Crippen LogP contribution in [0, 0.1) is 6.92 Å². The van der Waals surface area contributed by atoms with Crippen LogP contribution in [0.2, 0.25) is 0 Å². The second-order valence-corrected chi connectivity index (χ2v) is 6.38. The molecule has 0 atom stereocenters. The van der Waals surface area contributed by atoms with Gasteiger partial charge in [0.15, 0.2) is 0 Å². The lowest BCUT2D eigenvalue weighted by Gasteiger charge is -2.21. The third-order valence-corrected chi connectivity index (χ3v) is 4.94. The van der Waals surface area contributed by atoms with Crippen molar-refractivity contribution in [3.63, 3.8) is 0 Å². The van der Waals surface area contributed by atoms with Gasteiger partial charge in [-0.3, -0.25) is 5.10 Å². The number of rotatable bonds is 8. The Labute approximate surface area is 110 Å². The lowest BCUT2D eigenvalue weighted by Crippen LogP contribution is -2.33. The maximum atomic E-state index is 12.5.